The van der Waals surface area contributed by atoms with Crippen LogP contribution in [-0.4, -0.2) is 23.2 Å². The van der Waals surface area contributed by atoms with Gasteiger partial charge in [-0.05, 0) is 34.1 Å². The molecular weight excluding hydrogens is 300 g/mol. The molecule has 2 heterocycles. The van der Waals surface area contributed by atoms with Crippen LogP contribution in [0.3, 0.4) is 0 Å². The molecule has 1 aliphatic heterocycles. The molecule has 0 aromatic carbocycles. The highest BCUT2D eigenvalue weighted by Gasteiger charge is 2.29. The average molecular weight is 322 g/mol. The van der Waals surface area contributed by atoms with Gasteiger partial charge < -0.3 is 4.74 Å². The lowest BCUT2D eigenvalue weighted by atomic mass is 10.00. The number of allylic oxidation sites excluding steroid dienone is 1. The molecule has 0 saturated carbocycles. The van der Waals surface area contributed by atoms with Crippen molar-refractivity contribution in [1.82, 2.24) is 4.57 Å². The van der Waals surface area contributed by atoms with Crippen LogP contribution in [0.15, 0.2) is 15.4 Å². The average Bonchev–Trinajstić information content (AvgIpc) is 2.77. The van der Waals surface area contributed by atoms with E-state index in [9.17, 15) is 9.59 Å². The first-order valence-corrected chi connectivity index (χ1v) is 8.39. The monoisotopic (exact) mass is 322 g/mol. The molecule has 0 fully saturated rings. The lowest BCUT2D eigenvalue weighted by molar-refractivity contribution is -0.138. The van der Waals surface area contributed by atoms with E-state index in [1.165, 1.54) is 11.3 Å². The number of carbonyl (C=O) groups is 1. The fraction of sp³-hybridized carbons (Fsp3) is 0.562. The molecule has 0 radical (unpaired) electrons. The van der Waals surface area contributed by atoms with Crippen molar-refractivity contribution in [3.63, 3.8) is 0 Å². The van der Waals surface area contributed by atoms with Crippen molar-refractivity contribution in [3.8, 4) is 0 Å². The summed E-state index contributed by atoms with van der Waals surface area (Å²) in [5.41, 5.74) is 2.02. The highest BCUT2D eigenvalue weighted by molar-refractivity contribution is 7.07. The molecule has 1 unspecified atom stereocenters. The maximum atomic E-state index is 12.6. The second-order valence-electron chi connectivity index (χ2n) is 5.51. The van der Waals surface area contributed by atoms with Gasteiger partial charge in [-0.15, -0.1) is 0 Å². The summed E-state index contributed by atoms with van der Waals surface area (Å²) in [4.78, 5) is 30.2. The molecule has 120 valence electrons. The van der Waals surface area contributed by atoms with Crippen LogP contribution in [0, 0.1) is 0 Å². The molecule has 22 heavy (non-hydrogen) atoms. The van der Waals surface area contributed by atoms with Crippen LogP contribution in [0.1, 0.15) is 47.5 Å². The summed E-state index contributed by atoms with van der Waals surface area (Å²) >= 11 is 1.39. The molecule has 1 atom stereocenters. The van der Waals surface area contributed by atoms with E-state index in [0.29, 0.717) is 27.2 Å². The van der Waals surface area contributed by atoms with Gasteiger partial charge in [-0.1, -0.05) is 30.3 Å². The molecule has 1 aliphatic rings. The minimum absolute atomic E-state index is 0.0991. The van der Waals surface area contributed by atoms with Gasteiger partial charge in [-0.25, -0.2) is 9.79 Å². The fourth-order valence-electron chi connectivity index (χ4n) is 2.60. The maximum absolute atomic E-state index is 12.6. The number of thiazole rings is 1. The van der Waals surface area contributed by atoms with Crippen LogP contribution in [-0.2, 0) is 9.53 Å². The van der Waals surface area contributed by atoms with Gasteiger partial charge in [-0.2, -0.15) is 0 Å². The Morgan fingerprint density at radius 1 is 1.36 bits per heavy atom. The number of nitrogens with zero attached hydrogens (tertiary/aromatic N) is 2. The fourth-order valence-corrected chi connectivity index (χ4v) is 3.66. The van der Waals surface area contributed by atoms with E-state index in [-0.39, 0.29) is 17.6 Å². The number of carbonyl (C=O) groups excluding carboxylic acids is 1. The van der Waals surface area contributed by atoms with Gasteiger partial charge in [0.05, 0.1) is 22.8 Å². The van der Waals surface area contributed by atoms with Crippen molar-refractivity contribution in [2.45, 2.75) is 53.5 Å². The quantitative estimate of drug-likeness (QED) is 0.793. The van der Waals surface area contributed by atoms with Crippen molar-refractivity contribution in [2.24, 2.45) is 4.99 Å². The zero-order valence-electron chi connectivity index (χ0n) is 13.7. The van der Waals surface area contributed by atoms with E-state index < -0.39 is 0 Å². The van der Waals surface area contributed by atoms with E-state index in [1.54, 1.807) is 18.4 Å². The Hall–Kier alpha value is -1.69. The number of esters is 1. The lowest BCUT2D eigenvalue weighted by Crippen LogP contribution is -2.37. The van der Waals surface area contributed by atoms with E-state index in [1.807, 2.05) is 13.8 Å². The number of hydrogen-bond donors (Lipinski definition) is 0. The first-order chi connectivity index (χ1) is 10.4. The standard InChI is InChI=1S/C16H22N2O3S/c1-6-8-11-12(15(20)21-7-2)10(5)18-14(19)13(9(3)4)22-16(18)17-11/h11H,6-8H2,1-5H3. The van der Waals surface area contributed by atoms with Gasteiger partial charge >= 0.3 is 5.97 Å². The molecule has 0 saturated heterocycles. The van der Waals surface area contributed by atoms with Gasteiger partial charge in [0, 0.05) is 5.70 Å². The zero-order valence-corrected chi connectivity index (χ0v) is 14.5. The normalized spacial score (nSPS) is 17.0. The maximum Gasteiger partial charge on any atom is 0.337 e. The van der Waals surface area contributed by atoms with Crippen LogP contribution in [0.2, 0.25) is 0 Å². The van der Waals surface area contributed by atoms with Crippen molar-refractivity contribution in [2.75, 3.05) is 6.61 Å². The Bertz CT molecular complexity index is 794. The van der Waals surface area contributed by atoms with Crippen molar-refractivity contribution < 1.29 is 9.53 Å². The van der Waals surface area contributed by atoms with Crippen LogP contribution in [0.4, 0.5) is 0 Å². The number of hydrogen-bond acceptors (Lipinski definition) is 5. The van der Waals surface area contributed by atoms with Crippen molar-refractivity contribution >= 4 is 28.6 Å². The Kier molecular flexibility index (Phi) is 5.01. The van der Waals surface area contributed by atoms with Gasteiger partial charge in [-0.3, -0.25) is 9.36 Å². The first kappa shape index (κ1) is 16.7. The highest BCUT2D eigenvalue weighted by Crippen LogP contribution is 2.22. The smallest absolute Gasteiger partial charge is 0.337 e. The Morgan fingerprint density at radius 2 is 2.05 bits per heavy atom. The van der Waals surface area contributed by atoms with E-state index >= 15 is 0 Å². The second kappa shape index (κ2) is 6.60. The third-order valence-electron chi connectivity index (χ3n) is 3.62. The lowest BCUT2D eigenvalue weighted by Gasteiger charge is -2.21. The third-order valence-corrected chi connectivity index (χ3v) is 4.88. The van der Waals surface area contributed by atoms with Crippen LogP contribution in [0.25, 0.3) is 11.3 Å². The van der Waals surface area contributed by atoms with Gasteiger partial charge in [0.2, 0.25) is 0 Å². The van der Waals surface area contributed by atoms with Gasteiger partial charge in [0.1, 0.15) is 0 Å². The molecule has 0 aliphatic carbocycles. The molecule has 0 N–H and O–H groups in total. The van der Waals surface area contributed by atoms with Crippen LogP contribution in [0.5, 0.6) is 0 Å². The predicted molar refractivity (Wildman–Crippen MR) is 88.3 cm³/mol. The van der Waals surface area contributed by atoms with Crippen molar-refractivity contribution in [3.05, 3.63) is 25.3 Å². The van der Waals surface area contributed by atoms with E-state index in [0.717, 1.165) is 18.4 Å². The van der Waals surface area contributed by atoms with E-state index in [2.05, 4.69) is 11.9 Å². The Balaban J connectivity index is 2.75. The summed E-state index contributed by atoms with van der Waals surface area (Å²) in [6.07, 6.45) is 1.67. The SMILES string of the molecule is CCCC1N=c2sc(=C(C)C)c(=O)n2C(C)=C1C(=O)OCC. The Morgan fingerprint density at radius 3 is 2.59 bits per heavy atom. The minimum Gasteiger partial charge on any atom is -0.463 e. The molecule has 0 spiro atoms. The summed E-state index contributed by atoms with van der Waals surface area (Å²) < 4.78 is 7.40. The molecule has 1 aromatic heterocycles. The van der Waals surface area contributed by atoms with Crippen LogP contribution < -0.4 is 14.9 Å². The van der Waals surface area contributed by atoms with E-state index in [4.69, 9.17) is 4.74 Å². The molecule has 5 nitrogen and oxygen atoms in total. The Labute approximate surface area is 133 Å². The predicted octanol–water partition coefficient (Wildman–Crippen LogP) is 1.70. The highest BCUT2D eigenvalue weighted by atomic mass is 32.1. The number of rotatable bonds is 4. The summed E-state index contributed by atoms with van der Waals surface area (Å²) in [6.45, 7) is 9.77. The van der Waals surface area contributed by atoms with Gasteiger partial charge in [0.25, 0.3) is 5.56 Å². The molecule has 1 aromatic rings. The van der Waals surface area contributed by atoms with Crippen LogP contribution >= 0.6 is 11.3 Å². The second-order valence-corrected chi connectivity index (χ2v) is 6.48. The summed E-state index contributed by atoms with van der Waals surface area (Å²) in [6, 6.07) is -0.230. The minimum atomic E-state index is -0.371. The summed E-state index contributed by atoms with van der Waals surface area (Å²) in [5.74, 6) is -0.371. The molecular formula is C16H22N2O3S. The molecule has 0 amide bonds. The van der Waals surface area contributed by atoms with Gasteiger partial charge in [0.15, 0.2) is 4.80 Å². The third kappa shape index (κ3) is 2.79. The first-order valence-electron chi connectivity index (χ1n) is 7.57. The largest absolute Gasteiger partial charge is 0.463 e. The van der Waals surface area contributed by atoms with Crippen molar-refractivity contribution in [1.29, 1.82) is 0 Å². The number of fused-ring (bicyclic) bond motifs is 1. The summed E-state index contributed by atoms with van der Waals surface area (Å²) in [7, 11) is 0. The molecule has 6 heteroatoms. The molecule has 0 bridgehead atoms. The zero-order chi connectivity index (χ0) is 16.4. The number of ether oxygens (including phenoxy) is 1. The summed E-state index contributed by atoms with van der Waals surface area (Å²) in [5, 5.41) is 0. The number of aromatic nitrogens is 1. The topological polar surface area (TPSA) is 60.7 Å². The molecule has 2 rings (SSSR count).